The minimum atomic E-state index is -0.312. The molecule has 0 saturated heterocycles. The van der Waals surface area contributed by atoms with Crippen molar-refractivity contribution in [1.29, 1.82) is 0 Å². The zero-order valence-electron chi connectivity index (χ0n) is 20.8. The molecule has 0 bridgehead atoms. The summed E-state index contributed by atoms with van der Waals surface area (Å²) in [5.41, 5.74) is 17.1. The van der Waals surface area contributed by atoms with Crippen molar-refractivity contribution >= 4 is 29.2 Å². The second-order valence-electron chi connectivity index (χ2n) is 8.57. The number of fused-ring (bicyclic) bond motifs is 1. The molecule has 1 amide bonds. The van der Waals surface area contributed by atoms with E-state index in [9.17, 15) is 9.90 Å². The first-order chi connectivity index (χ1) is 17.9. The van der Waals surface area contributed by atoms with E-state index in [-0.39, 0.29) is 31.4 Å². The molecule has 10 nitrogen and oxygen atoms in total. The molecule has 3 aromatic rings. The van der Waals surface area contributed by atoms with Gasteiger partial charge in [-0.25, -0.2) is 10.1 Å². The first-order valence-corrected chi connectivity index (χ1v) is 11.9. The van der Waals surface area contributed by atoms with Crippen molar-refractivity contribution < 1.29 is 19.5 Å². The number of pyridine rings is 2. The third-order valence-corrected chi connectivity index (χ3v) is 5.77. The molecule has 0 spiro atoms. The minimum Gasteiger partial charge on any atom is -0.496 e. The van der Waals surface area contributed by atoms with Crippen LogP contribution in [0, 0.1) is 0 Å². The van der Waals surface area contributed by atoms with Gasteiger partial charge in [-0.3, -0.25) is 19.6 Å². The van der Waals surface area contributed by atoms with Gasteiger partial charge in [0.25, 0.3) is 5.91 Å². The number of nitrogens with zero attached hydrogens (tertiary/aromatic N) is 4. The molecular formula is C27H30N6O4. The molecule has 5 N–H and O–H groups in total. The number of carbonyl (C=O) groups excluding carboxylic acids is 1. The predicted octanol–water partition coefficient (Wildman–Crippen LogP) is 3.37. The Morgan fingerprint density at radius 2 is 1.95 bits per heavy atom. The zero-order chi connectivity index (χ0) is 26.4. The molecule has 3 heterocycles. The van der Waals surface area contributed by atoms with Crippen LogP contribution in [0.1, 0.15) is 36.6 Å². The van der Waals surface area contributed by atoms with Crippen molar-refractivity contribution in [2.24, 2.45) is 10.7 Å². The van der Waals surface area contributed by atoms with E-state index in [0.29, 0.717) is 46.9 Å². The Hall–Kier alpha value is -4.28. The number of benzene rings is 1. The van der Waals surface area contributed by atoms with E-state index in [4.69, 9.17) is 21.0 Å². The van der Waals surface area contributed by atoms with Gasteiger partial charge in [-0.2, -0.15) is 0 Å². The zero-order valence-corrected chi connectivity index (χ0v) is 20.8. The molecular weight excluding hydrogens is 472 g/mol. The number of anilines is 1. The number of aliphatic imine (C=N–C) groups is 1. The summed E-state index contributed by atoms with van der Waals surface area (Å²) in [5, 5.41) is 10.8. The van der Waals surface area contributed by atoms with E-state index >= 15 is 0 Å². The van der Waals surface area contributed by atoms with Gasteiger partial charge in [0.1, 0.15) is 18.2 Å². The molecule has 0 aliphatic carbocycles. The lowest BCUT2D eigenvalue weighted by molar-refractivity contribution is -0.187. The maximum atomic E-state index is 13.5. The molecule has 0 fully saturated rings. The van der Waals surface area contributed by atoms with Gasteiger partial charge in [0.2, 0.25) is 0 Å². The van der Waals surface area contributed by atoms with Crippen LogP contribution >= 0.6 is 0 Å². The Balaban J connectivity index is 1.59. The van der Waals surface area contributed by atoms with Crippen molar-refractivity contribution in [3.8, 4) is 16.9 Å². The molecule has 4 rings (SSSR count). The first kappa shape index (κ1) is 25.8. The Labute approximate surface area is 215 Å². The number of carbonyl (C=O) groups is 1. The predicted molar refractivity (Wildman–Crippen MR) is 141 cm³/mol. The molecule has 0 radical (unpaired) electrons. The minimum absolute atomic E-state index is 0.111. The largest absolute Gasteiger partial charge is 0.496 e. The third-order valence-electron chi connectivity index (χ3n) is 5.77. The number of hydrogen-bond donors (Lipinski definition) is 3. The number of nitrogens with two attached hydrogens (primary N) is 2. The van der Waals surface area contributed by atoms with Crippen LogP contribution in [0.15, 0.2) is 59.5 Å². The summed E-state index contributed by atoms with van der Waals surface area (Å²) in [6, 6.07) is 8.95. The smallest absolute Gasteiger partial charge is 0.273 e. The van der Waals surface area contributed by atoms with Crippen molar-refractivity contribution in [1.82, 2.24) is 15.0 Å². The number of amides is 1. The maximum Gasteiger partial charge on any atom is 0.273 e. The lowest BCUT2D eigenvalue weighted by Gasteiger charge is -2.23. The number of amidine groups is 1. The van der Waals surface area contributed by atoms with Gasteiger partial charge < -0.3 is 21.3 Å². The molecule has 0 unspecified atom stereocenters. The summed E-state index contributed by atoms with van der Waals surface area (Å²) in [7, 11) is 1.56. The summed E-state index contributed by atoms with van der Waals surface area (Å²) < 4.78 is 5.39. The number of aliphatic hydroxyl groups is 1. The fourth-order valence-electron chi connectivity index (χ4n) is 3.91. The van der Waals surface area contributed by atoms with Crippen molar-refractivity contribution in [3.63, 3.8) is 0 Å². The van der Waals surface area contributed by atoms with E-state index in [1.165, 1.54) is 5.06 Å². The average Bonchev–Trinajstić information content (AvgIpc) is 3.08. The van der Waals surface area contributed by atoms with Crippen LogP contribution in [0.25, 0.3) is 17.2 Å². The Bertz CT molecular complexity index is 1350. The second-order valence-corrected chi connectivity index (χ2v) is 8.57. The molecule has 1 aliphatic heterocycles. The van der Waals surface area contributed by atoms with E-state index in [0.717, 1.165) is 16.7 Å². The fraction of sp³-hybridized carbons (Fsp3) is 0.259. The molecule has 1 aliphatic rings. The first-order valence-electron chi connectivity index (χ1n) is 11.9. The van der Waals surface area contributed by atoms with Gasteiger partial charge in [0, 0.05) is 65.6 Å². The number of hydrogen-bond acceptors (Lipinski definition) is 9. The third kappa shape index (κ3) is 6.11. The molecule has 0 atom stereocenters. The molecule has 192 valence electrons. The number of ether oxygens (including phenoxy) is 1. The van der Waals surface area contributed by atoms with Gasteiger partial charge in [0.05, 0.1) is 25.1 Å². The summed E-state index contributed by atoms with van der Waals surface area (Å²) in [4.78, 5) is 32.6. The van der Waals surface area contributed by atoms with Gasteiger partial charge in [0.15, 0.2) is 0 Å². The standard InChI is InChI=1S/C27H30N6O4/c1-3-6-33(37-16-18-4-5-22(28)11-25(18)36-2)27(35)19-8-23-24(32-26(29)10-19)9-21(14-31-23)20-7-17(15-34)12-30-13-20/h4-5,7-9,11-14,34H,3,6,10,15-16,28H2,1-2H3,(H2,29,32). The monoisotopic (exact) mass is 502 g/mol. The number of nitrogen functional groups attached to an aromatic ring is 1. The lowest BCUT2D eigenvalue weighted by Crippen LogP contribution is -2.34. The van der Waals surface area contributed by atoms with Crippen molar-refractivity contribution in [3.05, 3.63) is 71.3 Å². The number of hydroxylamine groups is 2. The quantitative estimate of drug-likeness (QED) is 0.298. The number of methoxy groups -OCH3 is 1. The highest BCUT2D eigenvalue weighted by Crippen LogP contribution is 2.31. The highest BCUT2D eigenvalue weighted by Gasteiger charge is 2.23. The molecule has 0 saturated carbocycles. The molecule has 37 heavy (non-hydrogen) atoms. The average molecular weight is 503 g/mol. The summed E-state index contributed by atoms with van der Waals surface area (Å²) in [5.74, 6) is 0.562. The van der Waals surface area contributed by atoms with Crippen LogP contribution < -0.4 is 16.2 Å². The highest BCUT2D eigenvalue weighted by molar-refractivity contribution is 6.05. The van der Waals surface area contributed by atoms with Crippen molar-refractivity contribution in [2.45, 2.75) is 33.0 Å². The van der Waals surface area contributed by atoms with E-state index in [2.05, 4.69) is 15.0 Å². The summed E-state index contributed by atoms with van der Waals surface area (Å²) in [6.07, 6.45) is 7.52. The van der Waals surface area contributed by atoms with Crippen LogP contribution in [0.2, 0.25) is 0 Å². The van der Waals surface area contributed by atoms with Crippen LogP contribution in [0.5, 0.6) is 5.75 Å². The van der Waals surface area contributed by atoms with E-state index in [1.54, 1.807) is 43.9 Å². The van der Waals surface area contributed by atoms with Gasteiger partial charge in [-0.1, -0.05) is 13.0 Å². The number of aromatic nitrogens is 2. The van der Waals surface area contributed by atoms with Crippen LogP contribution in [0.4, 0.5) is 11.4 Å². The van der Waals surface area contributed by atoms with Gasteiger partial charge >= 0.3 is 0 Å². The SMILES string of the molecule is CCCN(OCc1ccc(N)cc1OC)C(=O)C1=Cc2ncc(-c3cncc(CO)c3)cc2N=C(N)C1. The Morgan fingerprint density at radius 3 is 2.70 bits per heavy atom. The Kier molecular flexibility index (Phi) is 8.11. The highest BCUT2D eigenvalue weighted by atomic mass is 16.7. The molecule has 2 aromatic heterocycles. The fourth-order valence-corrected chi connectivity index (χ4v) is 3.91. The summed E-state index contributed by atoms with van der Waals surface area (Å²) >= 11 is 0. The normalized spacial score (nSPS) is 12.7. The Morgan fingerprint density at radius 1 is 1.14 bits per heavy atom. The maximum absolute atomic E-state index is 13.5. The second kappa shape index (κ2) is 11.6. The van der Waals surface area contributed by atoms with E-state index < -0.39 is 0 Å². The van der Waals surface area contributed by atoms with Crippen molar-refractivity contribution in [2.75, 3.05) is 19.4 Å². The van der Waals surface area contributed by atoms with E-state index in [1.807, 2.05) is 25.1 Å². The number of rotatable bonds is 9. The van der Waals surface area contributed by atoms with Crippen LogP contribution in [0.3, 0.4) is 0 Å². The topological polar surface area (TPSA) is 149 Å². The molecule has 10 heteroatoms. The van der Waals surface area contributed by atoms with Crippen LogP contribution in [-0.4, -0.2) is 45.5 Å². The number of aliphatic hydroxyl groups excluding tert-OH is 1. The summed E-state index contributed by atoms with van der Waals surface area (Å²) in [6.45, 7) is 2.37. The molecule has 1 aromatic carbocycles. The van der Waals surface area contributed by atoms with Crippen LogP contribution in [-0.2, 0) is 22.8 Å². The van der Waals surface area contributed by atoms with Gasteiger partial charge in [-0.15, -0.1) is 0 Å². The lowest BCUT2D eigenvalue weighted by atomic mass is 10.1. The van der Waals surface area contributed by atoms with Gasteiger partial charge in [-0.05, 0) is 36.3 Å².